The van der Waals surface area contributed by atoms with Crippen LogP contribution in [-0.4, -0.2) is 58.4 Å². The molecule has 1 heterocycles. The van der Waals surface area contributed by atoms with Crippen molar-refractivity contribution in [1.82, 2.24) is 4.90 Å². The molecular weight excluding hydrogens is 358 g/mol. The Bertz CT molecular complexity index is 807. The number of hydrogen-bond acceptors (Lipinski definition) is 5. The number of carbonyl (C=O) groups is 1. The summed E-state index contributed by atoms with van der Waals surface area (Å²) in [6, 6.07) is 11.6. The predicted molar refractivity (Wildman–Crippen MR) is 110 cm³/mol. The lowest BCUT2D eigenvalue weighted by Crippen LogP contribution is -2.50. The van der Waals surface area contributed by atoms with Crippen molar-refractivity contribution < 1.29 is 19.0 Å². The van der Waals surface area contributed by atoms with Gasteiger partial charge in [0.05, 0.1) is 21.3 Å². The maximum Gasteiger partial charge on any atom is 0.321 e. The zero-order valence-corrected chi connectivity index (χ0v) is 16.8. The molecule has 0 radical (unpaired) electrons. The van der Waals surface area contributed by atoms with E-state index in [-0.39, 0.29) is 6.03 Å². The molecular formula is C21H27N3O4. The van der Waals surface area contributed by atoms with Crippen LogP contribution in [0.3, 0.4) is 0 Å². The summed E-state index contributed by atoms with van der Waals surface area (Å²) in [5.41, 5.74) is 2.87. The van der Waals surface area contributed by atoms with E-state index in [1.165, 1.54) is 0 Å². The van der Waals surface area contributed by atoms with Gasteiger partial charge in [-0.2, -0.15) is 0 Å². The van der Waals surface area contributed by atoms with Crippen molar-refractivity contribution in [3.63, 3.8) is 0 Å². The van der Waals surface area contributed by atoms with Crippen LogP contribution in [0.4, 0.5) is 16.2 Å². The van der Waals surface area contributed by atoms with Crippen LogP contribution in [-0.2, 0) is 0 Å². The van der Waals surface area contributed by atoms with Gasteiger partial charge in [0.1, 0.15) is 0 Å². The van der Waals surface area contributed by atoms with Gasteiger partial charge in [-0.25, -0.2) is 4.79 Å². The van der Waals surface area contributed by atoms with Gasteiger partial charge in [-0.05, 0) is 18.6 Å². The van der Waals surface area contributed by atoms with E-state index in [2.05, 4.69) is 10.2 Å². The van der Waals surface area contributed by atoms with E-state index in [0.29, 0.717) is 30.3 Å². The van der Waals surface area contributed by atoms with Crippen molar-refractivity contribution in [2.45, 2.75) is 6.92 Å². The van der Waals surface area contributed by atoms with E-state index in [1.807, 2.05) is 48.2 Å². The molecule has 2 aromatic carbocycles. The number of benzene rings is 2. The van der Waals surface area contributed by atoms with Crippen molar-refractivity contribution >= 4 is 17.4 Å². The number of urea groups is 1. The van der Waals surface area contributed by atoms with Crippen molar-refractivity contribution in [2.24, 2.45) is 0 Å². The van der Waals surface area contributed by atoms with Gasteiger partial charge >= 0.3 is 6.03 Å². The lowest BCUT2D eigenvalue weighted by atomic mass is 10.2. The third-order valence-corrected chi connectivity index (χ3v) is 4.97. The van der Waals surface area contributed by atoms with Crippen LogP contribution in [0.1, 0.15) is 5.56 Å². The smallest absolute Gasteiger partial charge is 0.321 e. The third-order valence-electron chi connectivity index (χ3n) is 4.97. The molecule has 0 aromatic heterocycles. The molecule has 1 aliphatic heterocycles. The number of methoxy groups -OCH3 is 3. The molecule has 0 atom stereocenters. The zero-order valence-electron chi connectivity index (χ0n) is 16.8. The molecule has 2 aromatic rings. The fourth-order valence-corrected chi connectivity index (χ4v) is 3.32. The molecule has 1 aliphatic rings. The molecule has 1 N–H and O–H groups in total. The van der Waals surface area contributed by atoms with Gasteiger partial charge in [-0.1, -0.05) is 18.2 Å². The number of nitrogens with one attached hydrogen (secondary N) is 1. The summed E-state index contributed by atoms with van der Waals surface area (Å²) in [6.07, 6.45) is 0. The Labute approximate surface area is 165 Å². The molecule has 0 saturated carbocycles. The number of anilines is 2. The van der Waals surface area contributed by atoms with Gasteiger partial charge in [0.2, 0.25) is 5.75 Å². The lowest BCUT2D eigenvalue weighted by molar-refractivity contribution is 0.208. The first-order chi connectivity index (χ1) is 13.6. The summed E-state index contributed by atoms with van der Waals surface area (Å²) in [4.78, 5) is 16.6. The van der Waals surface area contributed by atoms with Crippen molar-refractivity contribution in [3.05, 3.63) is 42.0 Å². The van der Waals surface area contributed by atoms with Crippen molar-refractivity contribution in [2.75, 3.05) is 57.7 Å². The average molecular weight is 385 g/mol. The number of amides is 2. The molecule has 0 aliphatic carbocycles. The molecule has 0 spiro atoms. The van der Waals surface area contributed by atoms with Crippen LogP contribution in [0.5, 0.6) is 17.2 Å². The highest BCUT2D eigenvalue weighted by molar-refractivity contribution is 5.90. The number of ether oxygens (including phenoxy) is 3. The lowest BCUT2D eigenvalue weighted by Gasteiger charge is -2.36. The molecule has 7 heteroatoms. The predicted octanol–water partition coefficient (Wildman–Crippen LogP) is 3.37. The van der Waals surface area contributed by atoms with E-state index in [4.69, 9.17) is 14.2 Å². The topological polar surface area (TPSA) is 63.3 Å². The fourth-order valence-electron chi connectivity index (χ4n) is 3.32. The Morgan fingerprint density at radius 2 is 1.54 bits per heavy atom. The second-order valence-electron chi connectivity index (χ2n) is 6.60. The van der Waals surface area contributed by atoms with Crippen LogP contribution in [0, 0.1) is 6.92 Å². The highest BCUT2D eigenvalue weighted by Crippen LogP contribution is 2.41. The molecule has 150 valence electrons. The Balaban J connectivity index is 1.67. The Morgan fingerprint density at radius 1 is 0.929 bits per heavy atom. The van der Waals surface area contributed by atoms with E-state index < -0.39 is 0 Å². The first kappa shape index (κ1) is 19.7. The highest BCUT2D eigenvalue weighted by atomic mass is 16.5. The number of piperazine rings is 1. The third kappa shape index (κ3) is 4.08. The summed E-state index contributed by atoms with van der Waals surface area (Å²) >= 11 is 0. The minimum atomic E-state index is -0.0705. The van der Waals surface area contributed by atoms with Gasteiger partial charge in [-0.15, -0.1) is 0 Å². The summed E-state index contributed by atoms with van der Waals surface area (Å²) in [5, 5.41) is 3.00. The Kier molecular flexibility index (Phi) is 6.13. The maximum absolute atomic E-state index is 12.6. The summed E-state index contributed by atoms with van der Waals surface area (Å²) in [7, 11) is 4.80. The van der Waals surface area contributed by atoms with Gasteiger partial charge in [-0.3, -0.25) is 0 Å². The molecule has 28 heavy (non-hydrogen) atoms. The number of nitrogens with zero attached hydrogens (tertiary/aromatic N) is 2. The number of para-hydroxylation sites is 1. The molecule has 0 unspecified atom stereocenters. The van der Waals surface area contributed by atoms with E-state index in [0.717, 1.165) is 30.0 Å². The normalized spacial score (nSPS) is 13.9. The van der Waals surface area contributed by atoms with Gasteiger partial charge in [0, 0.05) is 49.7 Å². The number of aryl methyl sites for hydroxylation is 1. The first-order valence-electron chi connectivity index (χ1n) is 9.24. The summed E-state index contributed by atoms with van der Waals surface area (Å²) in [5.74, 6) is 1.82. The van der Waals surface area contributed by atoms with Crippen molar-refractivity contribution in [3.8, 4) is 17.2 Å². The molecule has 7 nitrogen and oxygen atoms in total. The highest BCUT2D eigenvalue weighted by Gasteiger charge is 2.23. The fraction of sp³-hybridized carbons (Fsp3) is 0.381. The molecule has 2 amide bonds. The van der Waals surface area contributed by atoms with Crippen LogP contribution >= 0.6 is 0 Å². The van der Waals surface area contributed by atoms with Crippen molar-refractivity contribution in [1.29, 1.82) is 0 Å². The number of rotatable bonds is 5. The largest absolute Gasteiger partial charge is 0.493 e. The second-order valence-corrected chi connectivity index (χ2v) is 6.60. The minimum Gasteiger partial charge on any atom is -0.493 e. The Morgan fingerprint density at radius 3 is 2.07 bits per heavy atom. The van der Waals surface area contributed by atoms with E-state index in [1.54, 1.807) is 21.3 Å². The number of carbonyl (C=O) groups excluding carboxylic acids is 1. The van der Waals surface area contributed by atoms with Gasteiger partial charge < -0.3 is 29.3 Å². The van der Waals surface area contributed by atoms with Crippen LogP contribution in [0.15, 0.2) is 36.4 Å². The van der Waals surface area contributed by atoms with Crippen LogP contribution < -0.4 is 24.4 Å². The molecule has 1 fully saturated rings. The monoisotopic (exact) mass is 385 g/mol. The Hall–Kier alpha value is -3.09. The van der Waals surface area contributed by atoms with E-state index in [9.17, 15) is 4.79 Å². The standard InChI is InChI=1S/C21H27N3O4/c1-15-7-5-6-8-17(15)22-21(25)24-11-9-23(10-12-24)16-13-18(26-2)20(28-4)19(14-16)27-3/h5-8,13-14H,9-12H2,1-4H3,(H,22,25). The zero-order chi connectivity index (χ0) is 20.1. The van der Waals surface area contributed by atoms with Gasteiger partial charge in [0.25, 0.3) is 0 Å². The maximum atomic E-state index is 12.6. The van der Waals surface area contributed by atoms with Gasteiger partial charge in [0.15, 0.2) is 11.5 Å². The average Bonchev–Trinajstić information content (AvgIpc) is 2.74. The second kappa shape index (κ2) is 8.73. The van der Waals surface area contributed by atoms with Crippen LogP contribution in [0.25, 0.3) is 0 Å². The van der Waals surface area contributed by atoms with E-state index >= 15 is 0 Å². The number of hydrogen-bond donors (Lipinski definition) is 1. The summed E-state index contributed by atoms with van der Waals surface area (Å²) in [6.45, 7) is 4.69. The minimum absolute atomic E-state index is 0.0705. The molecule has 3 rings (SSSR count). The SMILES string of the molecule is COc1cc(N2CCN(C(=O)Nc3ccccc3C)CC2)cc(OC)c1OC. The summed E-state index contributed by atoms with van der Waals surface area (Å²) < 4.78 is 16.3. The molecule has 1 saturated heterocycles. The quantitative estimate of drug-likeness (QED) is 0.855. The van der Waals surface area contributed by atoms with Crippen LogP contribution in [0.2, 0.25) is 0 Å². The molecule has 0 bridgehead atoms. The first-order valence-corrected chi connectivity index (χ1v) is 9.24.